The number of benzene rings is 1. The van der Waals surface area contributed by atoms with Crippen molar-refractivity contribution in [1.82, 2.24) is 0 Å². The molecule has 1 nitrogen and oxygen atoms in total. The van der Waals surface area contributed by atoms with E-state index in [0.29, 0.717) is 5.92 Å². The second kappa shape index (κ2) is 6.11. The minimum atomic E-state index is 0.00609. The van der Waals surface area contributed by atoms with Gasteiger partial charge < -0.3 is 4.90 Å². The molecule has 0 aromatic heterocycles. The average Bonchev–Trinajstić information content (AvgIpc) is 2.44. The van der Waals surface area contributed by atoms with E-state index >= 15 is 0 Å². The molecule has 1 aliphatic carbocycles. The first-order valence-electron chi connectivity index (χ1n) is 9.31. The molecule has 1 aliphatic heterocycles. The van der Waals surface area contributed by atoms with Gasteiger partial charge in [-0.1, -0.05) is 33.8 Å². The molecular formula is C21H32FN. The van der Waals surface area contributed by atoms with Crippen molar-refractivity contribution in [3.63, 3.8) is 0 Å². The van der Waals surface area contributed by atoms with Gasteiger partial charge in [-0.2, -0.15) is 0 Å². The van der Waals surface area contributed by atoms with Crippen molar-refractivity contribution in [3.05, 3.63) is 29.6 Å². The summed E-state index contributed by atoms with van der Waals surface area (Å²) in [5.41, 5.74) is 2.74. The number of piperidine rings is 1. The van der Waals surface area contributed by atoms with E-state index in [9.17, 15) is 4.39 Å². The predicted octanol–water partition coefficient (Wildman–Crippen LogP) is 6.14. The van der Waals surface area contributed by atoms with Crippen molar-refractivity contribution in [2.75, 3.05) is 18.0 Å². The first-order chi connectivity index (χ1) is 10.8. The number of anilines is 1. The lowest BCUT2D eigenvalue weighted by Gasteiger charge is -2.46. The molecule has 23 heavy (non-hydrogen) atoms. The van der Waals surface area contributed by atoms with Gasteiger partial charge in [0.15, 0.2) is 0 Å². The fourth-order valence-corrected chi connectivity index (χ4v) is 5.39. The van der Waals surface area contributed by atoms with E-state index in [2.05, 4.69) is 38.7 Å². The summed E-state index contributed by atoms with van der Waals surface area (Å²) in [6, 6.07) is 5.71. The van der Waals surface area contributed by atoms with E-state index in [1.165, 1.54) is 31.4 Å². The lowest BCUT2D eigenvalue weighted by molar-refractivity contribution is 0.0958. The van der Waals surface area contributed by atoms with Crippen LogP contribution in [0.4, 0.5) is 10.1 Å². The highest BCUT2D eigenvalue weighted by Crippen LogP contribution is 2.53. The van der Waals surface area contributed by atoms with Crippen LogP contribution in [0.1, 0.15) is 77.7 Å². The summed E-state index contributed by atoms with van der Waals surface area (Å²) >= 11 is 0. The first-order valence-corrected chi connectivity index (χ1v) is 9.31. The molecule has 0 atom stereocenters. The molecule has 0 radical (unpaired) electrons. The highest BCUT2D eigenvalue weighted by Gasteiger charge is 2.40. The molecule has 2 aliphatic rings. The second-order valence-electron chi connectivity index (χ2n) is 9.33. The molecule has 2 fully saturated rings. The topological polar surface area (TPSA) is 3.24 Å². The standard InChI is InChI=1S/C21H32FN/c1-20(2)13-16(14-21(3,4)15-20)19-17(22)9-8-10-18(19)23-11-6-5-7-12-23/h8-10,16H,5-7,11-15H2,1-4H3. The number of nitrogens with zero attached hydrogens (tertiary/aromatic N) is 1. The van der Waals surface area contributed by atoms with Crippen LogP contribution in [0.2, 0.25) is 0 Å². The van der Waals surface area contributed by atoms with Crippen LogP contribution < -0.4 is 4.90 Å². The Morgan fingerprint density at radius 3 is 2.17 bits per heavy atom. The molecule has 1 aromatic carbocycles. The minimum absolute atomic E-state index is 0.00609. The minimum Gasteiger partial charge on any atom is -0.371 e. The third-order valence-corrected chi connectivity index (χ3v) is 5.69. The summed E-state index contributed by atoms with van der Waals surface area (Å²) in [4.78, 5) is 2.43. The van der Waals surface area contributed by atoms with Gasteiger partial charge in [0.05, 0.1) is 0 Å². The largest absolute Gasteiger partial charge is 0.371 e. The van der Waals surface area contributed by atoms with Crippen molar-refractivity contribution in [2.45, 2.75) is 72.1 Å². The maximum Gasteiger partial charge on any atom is 0.128 e. The number of rotatable bonds is 2. The lowest BCUT2D eigenvalue weighted by Crippen LogP contribution is -2.35. The van der Waals surface area contributed by atoms with Gasteiger partial charge in [0.2, 0.25) is 0 Å². The van der Waals surface area contributed by atoms with E-state index in [-0.39, 0.29) is 16.6 Å². The zero-order valence-corrected chi connectivity index (χ0v) is 15.3. The zero-order chi connectivity index (χ0) is 16.7. The maximum atomic E-state index is 14.9. The van der Waals surface area contributed by atoms with Crippen LogP contribution in [0.5, 0.6) is 0 Å². The summed E-state index contributed by atoms with van der Waals surface area (Å²) < 4.78 is 14.9. The van der Waals surface area contributed by atoms with E-state index in [1.807, 2.05) is 6.07 Å². The lowest BCUT2D eigenvalue weighted by atomic mass is 9.60. The van der Waals surface area contributed by atoms with E-state index in [4.69, 9.17) is 0 Å². The molecule has 1 saturated carbocycles. The highest BCUT2D eigenvalue weighted by molar-refractivity contribution is 5.56. The van der Waals surface area contributed by atoms with Crippen molar-refractivity contribution in [2.24, 2.45) is 10.8 Å². The normalized spacial score (nSPS) is 24.7. The first kappa shape index (κ1) is 16.8. The molecular weight excluding hydrogens is 285 g/mol. The number of halogens is 1. The Morgan fingerprint density at radius 1 is 0.957 bits per heavy atom. The molecule has 1 saturated heterocycles. The van der Waals surface area contributed by atoms with Gasteiger partial charge in [-0.3, -0.25) is 0 Å². The Balaban J connectivity index is 1.98. The summed E-state index contributed by atoms with van der Waals surface area (Å²) in [6.07, 6.45) is 7.19. The molecule has 2 heteroatoms. The summed E-state index contributed by atoms with van der Waals surface area (Å²) in [6.45, 7) is 11.6. The molecule has 0 amide bonds. The highest BCUT2D eigenvalue weighted by atomic mass is 19.1. The third-order valence-electron chi connectivity index (χ3n) is 5.69. The van der Waals surface area contributed by atoms with Crippen LogP contribution in [0.3, 0.4) is 0 Å². The quantitative estimate of drug-likeness (QED) is 0.633. The molecule has 0 spiro atoms. The van der Waals surface area contributed by atoms with Crippen molar-refractivity contribution in [3.8, 4) is 0 Å². The van der Waals surface area contributed by atoms with Gasteiger partial charge in [-0.15, -0.1) is 0 Å². The molecule has 1 heterocycles. The van der Waals surface area contributed by atoms with Gasteiger partial charge in [0.25, 0.3) is 0 Å². The molecule has 0 unspecified atom stereocenters. The molecule has 0 bridgehead atoms. The van der Waals surface area contributed by atoms with Crippen LogP contribution in [0.25, 0.3) is 0 Å². The Hall–Kier alpha value is -1.05. The van der Waals surface area contributed by atoms with E-state index < -0.39 is 0 Å². The molecule has 3 rings (SSSR count). The molecule has 128 valence electrons. The van der Waals surface area contributed by atoms with E-state index in [1.54, 1.807) is 6.07 Å². The third kappa shape index (κ3) is 3.72. The van der Waals surface area contributed by atoms with Gasteiger partial charge >= 0.3 is 0 Å². The van der Waals surface area contributed by atoms with Gasteiger partial charge in [-0.05, 0) is 67.4 Å². The molecule has 1 aromatic rings. The summed E-state index contributed by atoms with van der Waals surface area (Å²) in [7, 11) is 0. The van der Waals surface area contributed by atoms with Gasteiger partial charge in [-0.25, -0.2) is 4.39 Å². The van der Waals surface area contributed by atoms with Crippen LogP contribution in [-0.4, -0.2) is 13.1 Å². The Morgan fingerprint density at radius 2 is 1.57 bits per heavy atom. The molecule has 0 N–H and O–H groups in total. The summed E-state index contributed by atoms with van der Waals surface area (Å²) in [5, 5.41) is 0. The van der Waals surface area contributed by atoms with Crippen LogP contribution >= 0.6 is 0 Å². The fourth-order valence-electron chi connectivity index (χ4n) is 5.39. The number of hydrogen-bond acceptors (Lipinski definition) is 1. The van der Waals surface area contributed by atoms with Crippen LogP contribution in [0, 0.1) is 16.6 Å². The Bertz CT molecular complexity index is 539. The monoisotopic (exact) mass is 317 g/mol. The van der Waals surface area contributed by atoms with Crippen LogP contribution in [0.15, 0.2) is 18.2 Å². The number of hydrogen-bond donors (Lipinski definition) is 0. The van der Waals surface area contributed by atoms with Gasteiger partial charge in [0.1, 0.15) is 5.82 Å². The smallest absolute Gasteiger partial charge is 0.128 e. The van der Waals surface area contributed by atoms with Crippen molar-refractivity contribution in [1.29, 1.82) is 0 Å². The Kier molecular flexibility index (Phi) is 4.46. The van der Waals surface area contributed by atoms with Crippen molar-refractivity contribution >= 4 is 5.69 Å². The van der Waals surface area contributed by atoms with Crippen LogP contribution in [-0.2, 0) is 0 Å². The van der Waals surface area contributed by atoms with Gasteiger partial charge in [0, 0.05) is 24.3 Å². The SMILES string of the molecule is CC1(C)CC(c2c(F)cccc2N2CCCCC2)CC(C)(C)C1. The fraction of sp³-hybridized carbons (Fsp3) is 0.714. The second-order valence-corrected chi connectivity index (χ2v) is 9.33. The van der Waals surface area contributed by atoms with E-state index in [0.717, 1.165) is 31.5 Å². The van der Waals surface area contributed by atoms with Crippen molar-refractivity contribution < 1.29 is 4.39 Å². The predicted molar refractivity (Wildman–Crippen MR) is 96.6 cm³/mol. The Labute approximate surface area is 141 Å². The zero-order valence-electron chi connectivity index (χ0n) is 15.3. The maximum absolute atomic E-state index is 14.9. The average molecular weight is 317 g/mol. The summed E-state index contributed by atoms with van der Waals surface area (Å²) in [5.74, 6) is 0.346.